The van der Waals surface area contributed by atoms with Gasteiger partial charge in [0.05, 0.1) is 0 Å². The number of amides is 1. The molecule has 0 spiro atoms. The number of carbonyl (C=O) groups is 1. The van der Waals surface area contributed by atoms with Crippen LogP contribution in [0.4, 0.5) is 0 Å². The third-order valence-corrected chi connectivity index (χ3v) is 5.30. The fraction of sp³-hybridized carbons (Fsp3) is 0.130. The summed E-state index contributed by atoms with van der Waals surface area (Å²) in [4.78, 5) is 16.8. The number of fused-ring (bicyclic) bond motifs is 1. The molecule has 0 aliphatic carbocycles. The highest BCUT2D eigenvalue weighted by atomic mass is 32.2. The molecule has 140 valence electrons. The van der Waals surface area contributed by atoms with Gasteiger partial charge in [0.15, 0.2) is 5.58 Å². The summed E-state index contributed by atoms with van der Waals surface area (Å²) in [6, 6.07) is 23.5. The van der Waals surface area contributed by atoms with Crippen LogP contribution >= 0.6 is 11.8 Å². The molecule has 0 fully saturated rings. The van der Waals surface area contributed by atoms with Crippen LogP contribution < -0.4 is 5.32 Å². The molecule has 0 radical (unpaired) electrons. The monoisotopic (exact) mass is 388 g/mol. The zero-order chi connectivity index (χ0) is 19.3. The number of aryl methyl sites for hydroxylation is 1. The average Bonchev–Trinajstić information content (AvgIpc) is 3.13. The lowest BCUT2D eigenvalue weighted by Crippen LogP contribution is -2.22. The maximum atomic E-state index is 12.3. The molecule has 4 nitrogen and oxygen atoms in total. The molecule has 0 aliphatic heterocycles. The first kappa shape index (κ1) is 18.3. The van der Waals surface area contributed by atoms with Crippen molar-refractivity contribution in [3.63, 3.8) is 0 Å². The zero-order valence-electron chi connectivity index (χ0n) is 15.5. The Morgan fingerprint density at radius 1 is 1.00 bits per heavy atom. The highest BCUT2D eigenvalue weighted by Crippen LogP contribution is 2.26. The van der Waals surface area contributed by atoms with Crippen LogP contribution in [0, 0.1) is 6.92 Å². The van der Waals surface area contributed by atoms with Gasteiger partial charge < -0.3 is 9.73 Å². The Hall–Kier alpha value is -3.05. The van der Waals surface area contributed by atoms with E-state index in [-0.39, 0.29) is 5.91 Å². The molecule has 1 aromatic heterocycles. The van der Waals surface area contributed by atoms with Crippen molar-refractivity contribution in [1.82, 2.24) is 10.3 Å². The van der Waals surface area contributed by atoms with E-state index >= 15 is 0 Å². The SMILES string of the molecule is Cc1ccc2oc(SCc3ccc(C(=O)NCc4ccccc4)cc3)nc2c1. The van der Waals surface area contributed by atoms with Gasteiger partial charge in [0.25, 0.3) is 11.1 Å². The molecule has 5 heteroatoms. The van der Waals surface area contributed by atoms with Crippen LogP contribution in [0.2, 0.25) is 0 Å². The largest absolute Gasteiger partial charge is 0.431 e. The smallest absolute Gasteiger partial charge is 0.257 e. The second kappa shape index (κ2) is 8.31. The summed E-state index contributed by atoms with van der Waals surface area (Å²) in [6.45, 7) is 2.56. The molecule has 4 rings (SSSR count). The van der Waals surface area contributed by atoms with Crippen LogP contribution in [-0.2, 0) is 12.3 Å². The van der Waals surface area contributed by atoms with Crippen molar-refractivity contribution < 1.29 is 9.21 Å². The van der Waals surface area contributed by atoms with Crippen molar-refractivity contribution >= 4 is 28.8 Å². The first-order valence-electron chi connectivity index (χ1n) is 9.08. The fourth-order valence-corrected chi connectivity index (χ4v) is 3.65. The number of nitrogens with one attached hydrogen (secondary N) is 1. The van der Waals surface area contributed by atoms with Crippen molar-refractivity contribution in [2.24, 2.45) is 0 Å². The maximum absolute atomic E-state index is 12.3. The van der Waals surface area contributed by atoms with E-state index in [0.29, 0.717) is 17.3 Å². The molecule has 1 amide bonds. The Balaban J connectivity index is 1.34. The lowest BCUT2D eigenvalue weighted by atomic mass is 10.1. The predicted molar refractivity (Wildman–Crippen MR) is 112 cm³/mol. The van der Waals surface area contributed by atoms with E-state index in [2.05, 4.69) is 10.3 Å². The number of benzene rings is 3. The quantitative estimate of drug-likeness (QED) is 0.452. The van der Waals surface area contributed by atoms with E-state index in [4.69, 9.17) is 4.42 Å². The van der Waals surface area contributed by atoms with Gasteiger partial charge in [-0.2, -0.15) is 0 Å². The van der Waals surface area contributed by atoms with Crippen LogP contribution in [0.1, 0.15) is 27.0 Å². The third-order valence-electron chi connectivity index (χ3n) is 4.40. The van der Waals surface area contributed by atoms with Crippen LogP contribution in [0.25, 0.3) is 11.1 Å². The number of aromatic nitrogens is 1. The molecular weight excluding hydrogens is 368 g/mol. The third kappa shape index (κ3) is 4.43. The van der Waals surface area contributed by atoms with E-state index in [1.807, 2.05) is 79.7 Å². The van der Waals surface area contributed by atoms with Gasteiger partial charge in [0, 0.05) is 17.9 Å². The topological polar surface area (TPSA) is 55.1 Å². The highest BCUT2D eigenvalue weighted by molar-refractivity contribution is 7.98. The van der Waals surface area contributed by atoms with Gasteiger partial charge >= 0.3 is 0 Å². The van der Waals surface area contributed by atoms with Crippen LogP contribution in [-0.4, -0.2) is 10.9 Å². The van der Waals surface area contributed by atoms with Gasteiger partial charge in [0.2, 0.25) is 0 Å². The van der Waals surface area contributed by atoms with E-state index < -0.39 is 0 Å². The predicted octanol–water partition coefficient (Wildman–Crippen LogP) is 5.36. The molecular formula is C23H20N2O2S. The number of hydrogen-bond acceptors (Lipinski definition) is 4. The minimum Gasteiger partial charge on any atom is -0.431 e. The van der Waals surface area contributed by atoms with Crippen molar-refractivity contribution in [1.29, 1.82) is 0 Å². The lowest BCUT2D eigenvalue weighted by molar-refractivity contribution is 0.0951. The minimum absolute atomic E-state index is 0.0719. The van der Waals surface area contributed by atoms with E-state index in [9.17, 15) is 4.79 Å². The highest BCUT2D eigenvalue weighted by Gasteiger charge is 2.08. The number of thioether (sulfide) groups is 1. The average molecular weight is 388 g/mol. The summed E-state index contributed by atoms with van der Waals surface area (Å²) in [7, 11) is 0. The van der Waals surface area contributed by atoms with E-state index in [0.717, 1.165) is 28.0 Å². The summed E-state index contributed by atoms with van der Waals surface area (Å²) in [5.74, 6) is 0.662. The Morgan fingerprint density at radius 2 is 1.79 bits per heavy atom. The summed E-state index contributed by atoms with van der Waals surface area (Å²) in [5, 5.41) is 3.60. The molecule has 1 N–H and O–H groups in total. The summed E-state index contributed by atoms with van der Waals surface area (Å²) in [5.41, 5.74) is 5.70. The standard InChI is InChI=1S/C23H20N2O2S/c1-16-7-12-21-20(13-16)25-23(27-21)28-15-18-8-10-19(11-9-18)22(26)24-14-17-5-3-2-4-6-17/h2-13H,14-15H2,1H3,(H,24,26). The molecule has 4 aromatic rings. The first-order valence-corrected chi connectivity index (χ1v) is 10.1. The lowest BCUT2D eigenvalue weighted by Gasteiger charge is -2.06. The molecule has 0 saturated carbocycles. The molecule has 0 unspecified atom stereocenters. The van der Waals surface area contributed by atoms with Crippen molar-refractivity contribution in [2.75, 3.05) is 0 Å². The second-order valence-corrected chi connectivity index (χ2v) is 7.53. The summed E-state index contributed by atoms with van der Waals surface area (Å²) < 4.78 is 5.77. The van der Waals surface area contributed by atoms with Crippen molar-refractivity contribution in [3.05, 3.63) is 95.1 Å². The molecule has 0 aliphatic rings. The molecule has 0 atom stereocenters. The molecule has 0 saturated heterocycles. The fourth-order valence-electron chi connectivity index (χ4n) is 2.86. The van der Waals surface area contributed by atoms with Gasteiger partial charge in [-0.3, -0.25) is 4.79 Å². The van der Waals surface area contributed by atoms with E-state index in [1.165, 1.54) is 5.56 Å². The Labute approximate surface area is 168 Å². The van der Waals surface area contributed by atoms with Gasteiger partial charge in [-0.05, 0) is 47.9 Å². The number of oxazole rings is 1. The van der Waals surface area contributed by atoms with Gasteiger partial charge in [-0.1, -0.05) is 60.3 Å². The Kier molecular flexibility index (Phi) is 5.44. The van der Waals surface area contributed by atoms with Crippen molar-refractivity contribution in [3.8, 4) is 0 Å². The van der Waals surface area contributed by atoms with Crippen LogP contribution in [0.3, 0.4) is 0 Å². The van der Waals surface area contributed by atoms with Gasteiger partial charge in [-0.25, -0.2) is 4.98 Å². The Bertz CT molecular complexity index is 1090. The molecule has 0 bridgehead atoms. The second-order valence-electron chi connectivity index (χ2n) is 6.60. The zero-order valence-corrected chi connectivity index (χ0v) is 16.3. The summed E-state index contributed by atoms with van der Waals surface area (Å²) in [6.07, 6.45) is 0. The van der Waals surface area contributed by atoms with Crippen molar-refractivity contribution in [2.45, 2.75) is 24.4 Å². The maximum Gasteiger partial charge on any atom is 0.257 e. The number of carbonyl (C=O) groups excluding carboxylic acids is 1. The first-order chi connectivity index (χ1) is 13.7. The van der Waals surface area contributed by atoms with Crippen LogP contribution in [0.15, 0.2) is 82.4 Å². The van der Waals surface area contributed by atoms with Gasteiger partial charge in [-0.15, -0.1) is 0 Å². The number of hydrogen-bond donors (Lipinski definition) is 1. The van der Waals surface area contributed by atoms with Gasteiger partial charge in [0.1, 0.15) is 5.52 Å². The molecule has 3 aromatic carbocycles. The Morgan fingerprint density at radius 3 is 2.57 bits per heavy atom. The summed E-state index contributed by atoms with van der Waals surface area (Å²) >= 11 is 1.55. The van der Waals surface area contributed by atoms with E-state index in [1.54, 1.807) is 11.8 Å². The molecule has 28 heavy (non-hydrogen) atoms. The number of nitrogens with zero attached hydrogens (tertiary/aromatic N) is 1. The number of rotatable bonds is 6. The van der Waals surface area contributed by atoms with Crippen LogP contribution in [0.5, 0.6) is 0 Å². The normalized spacial score (nSPS) is 10.9. The minimum atomic E-state index is -0.0719. The molecule has 1 heterocycles.